The van der Waals surface area contributed by atoms with E-state index < -0.39 is 5.60 Å². The molecule has 2 nitrogen and oxygen atoms in total. The molecule has 0 bridgehead atoms. The molecule has 1 N–H and O–H groups in total. The van der Waals surface area contributed by atoms with E-state index in [0.717, 1.165) is 12.2 Å². The summed E-state index contributed by atoms with van der Waals surface area (Å²) in [5.41, 5.74) is 0.376. The van der Waals surface area contributed by atoms with Crippen LogP contribution in [0, 0.1) is 5.92 Å². The molecule has 0 saturated carbocycles. The smallest absolute Gasteiger partial charge is 0.119 e. The summed E-state index contributed by atoms with van der Waals surface area (Å²) in [6.07, 6.45) is 2.43. The molecule has 0 aliphatic heterocycles. The first-order valence-corrected chi connectivity index (χ1v) is 6.07. The zero-order chi connectivity index (χ0) is 12.9. The van der Waals surface area contributed by atoms with Gasteiger partial charge in [-0.05, 0) is 43.9 Å². The topological polar surface area (TPSA) is 29.5 Å². The van der Waals surface area contributed by atoms with Crippen LogP contribution >= 0.6 is 0 Å². The molecule has 1 aromatic rings. The standard InChI is InChI=1S/C15H22O2/c1-5-15(4,16)12(3)11-13-7-9-14(10-8-13)17-6-2/h5,7-10,12,16H,1,6,11H2,2-4H3. The van der Waals surface area contributed by atoms with Crippen molar-refractivity contribution in [2.24, 2.45) is 5.92 Å². The molecule has 0 heterocycles. The maximum atomic E-state index is 10.0. The molecule has 1 aromatic carbocycles. The SMILES string of the molecule is C=CC(C)(O)C(C)Cc1ccc(OCC)cc1. The summed E-state index contributed by atoms with van der Waals surface area (Å²) < 4.78 is 5.39. The monoisotopic (exact) mass is 234 g/mol. The summed E-state index contributed by atoms with van der Waals surface area (Å²) >= 11 is 0. The van der Waals surface area contributed by atoms with E-state index in [0.29, 0.717) is 6.61 Å². The van der Waals surface area contributed by atoms with Gasteiger partial charge >= 0.3 is 0 Å². The molecule has 0 spiro atoms. The summed E-state index contributed by atoms with van der Waals surface area (Å²) in [6.45, 7) is 10.1. The Morgan fingerprint density at radius 3 is 2.47 bits per heavy atom. The summed E-state index contributed by atoms with van der Waals surface area (Å²) in [5.74, 6) is 1.03. The molecule has 2 unspecified atom stereocenters. The van der Waals surface area contributed by atoms with Crippen LogP contribution in [0.25, 0.3) is 0 Å². The third-order valence-electron chi connectivity index (χ3n) is 3.19. The predicted molar refractivity (Wildman–Crippen MR) is 71.3 cm³/mol. The van der Waals surface area contributed by atoms with Crippen molar-refractivity contribution in [2.75, 3.05) is 6.61 Å². The Kier molecular flexibility index (Phi) is 4.76. The molecule has 0 saturated heterocycles. The van der Waals surface area contributed by atoms with E-state index >= 15 is 0 Å². The van der Waals surface area contributed by atoms with Gasteiger partial charge < -0.3 is 9.84 Å². The number of hydrogen-bond donors (Lipinski definition) is 1. The van der Waals surface area contributed by atoms with E-state index in [-0.39, 0.29) is 5.92 Å². The van der Waals surface area contributed by atoms with Gasteiger partial charge in [0.05, 0.1) is 12.2 Å². The number of ether oxygens (including phenoxy) is 1. The van der Waals surface area contributed by atoms with E-state index in [9.17, 15) is 5.11 Å². The molecule has 2 atom stereocenters. The lowest BCUT2D eigenvalue weighted by Gasteiger charge is -2.26. The molecular formula is C15H22O2. The fourth-order valence-corrected chi connectivity index (χ4v) is 1.65. The fourth-order valence-electron chi connectivity index (χ4n) is 1.65. The van der Waals surface area contributed by atoms with Gasteiger partial charge in [-0.1, -0.05) is 25.1 Å². The molecule has 94 valence electrons. The van der Waals surface area contributed by atoms with Gasteiger partial charge in [0.2, 0.25) is 0 Å². The summed E-state index contributed by atoms with van der Waals surface area (Å²) in [7, 11) is 0. The Morgan fingerprint density at radius 2 is 2.00 bits per heavy atom. The number of benzene rings is 1. The first-order valence-electron chi connectivity index (χ1n) is 6.07. The van der Waals surface area contributed by atoms with E-state index in [4.69, 9.17) is 4.74 Å². The normalized spacial score (nSPS) is 16.0. The molecule has 0 aliphatic rings. The Hall–Kier alpha value is -1.28. The average Bonchev–Trinajstić information content (AvgIpc) is 2.32. The summed E-state index contributed by atoms with van der Waals surface area (Å²) in [6, 6.07) is 8.02. The largest absolute Gasteiger partial charge is 0.494 e. The molecule has 0 aliphatic carbocycles. The van der Waals surface area contributed by atoms with Crippen molar-refractivity contribution in [2.45, 2.75) is 32.8 Å². The first-order chi connectivity index (χ1) is 7.99. The number of aliphatic hydroxyl groups is 1. The predicted octanol–water partition coefficient (Wildman–Crippen LogP) is 3.20. The van der Waals surface area contributed by atoms with Crippen LogP contribution in [0.2, 0.25) is 0 Å². The first kappa shape index (κ1) is 13.8. The van der Waals surface area contributed by atoms with Crippen molar-refractivity contribution in [3.63, 3.8) is 0 Å². The van der Waals surface area contributed by atoms with Crippen LogP contribution in [0.5, 0.6) is 5.75 Å². The van der Waals surface area contributed by atoms with Crippen molar-refractivity contribution >= 4 is 0 Å². The molecule has 0 aromatic heterocycles. The second kappa shape index (κ2) is 5.87. The molecule has 0 fully saturated rings. The second-order valence-electron chi connectivity index (χ2n) is 4.61. The van der Waals surface area contributed by atoms with Crippen molar-refractivity contribution in [3.05, 3.63) is 42.5 Å². The zero-order valence-corrected chi connectivity index (χ0v) is 10.9. The van der Waals surface area contributed by atoms with E-state index in [1.165, 1.54) is 5.56 Å². The van der Waals surface area contributed by atoms with Crippen LogP contribution in [0.1, 0.15) is 26.3 Å². The van der Waals surface area contributed by atoms with Gasteiger partial charge in [-0.2, -0.15) is 0 Å². The molecule has 1 rings (SSSR count). The summed E-state index contributed by atoms with van der Waals surface area (Å²) in [5, 5.41) is 10.0. The lowest BCUT2D eigenvalue weighted by Crippen LogP contribution is -2.31. The highest BCUT2D eigenvalue weighted by atomic mass is 16.5. The van der Waals surface area contributed by atoms with E-state index in [1.54, 1.807) is 13.0 Å². The third kappa shape index (κ3) is 3.90. The van der Waals surface area contributed by atoms with Crippen molar-refractivity contribution < 1.29 is 9.84 Å². The molecular weight excluding hydrogens is 212 g/mol. The van der Waals surface area contributed by atoms with Crippen LogP contribution in [0.15, 0.2) is 36.9 Å². The molecule has 2 heteroatoms. The summed E-state index contributed by atoms with van der Waals surface area (Å²) in [4.78, 5) is 0. The number of rotatable bonds is 6. The quantitative estimate of drug-likeness (QED) is 0.766. The van der Waals surface area contributed by atoms with Gasteiger partial charge in [-0.25, -0.2) is 0 Å². The Morgan fingerprint density at radius 1 is 1.41 bits per heavy atom. The third-order valence-corrected chi connectivity index (χ3v) is 3.19. The van der Waals surface area contributed by atoms with Gasteiger partial charge in [0.25, 0.3) is 0 Å². The van der Waals surface area contributed by atoms with Crippen LogP contribution in [-0.2, 0) is 6.42 Å². The highest BCUT2D eigenvalue weighted by Crippen LogP contribution is 2.23. The maximum absolute atomic E-state index is 10.0. The minimum absolute atomic E-state index is 0.137. The highest BCUT2D eigenvalue weighted by molar-refractivity contribution is 5.27. The van der Waals surface area contributed by atoms with Crippen LogP contribution in [0.3, 0.4) is 0 Å². The minimum atomic E-state index is -0.821. The van der Waals surface area contributed by atoms with Crippen LogP contribution < -0.4 is 4.74 Å². The Labute approximate surface area is 104 Å². The van der Waals surface area contributed by atoms with E-state index in [2.05, 4.69) is 6.58 Å². The van der Waals surface area contributed by atoms with Gasteiger partial charge in [-0.3, -0.25) is 0 Å². The van der Waals surface area contributed by atoms with Crippen molar-refractivity contribution in [1.82, 2.24) is 0 Å². The van der Waals surface area contributed by atoms with Crippen molar-refractivity contribution in [1.29, 1.82) is 0 Å². The molecule has 0 radical (unpaired) electrons. The van der Waals surface area contributed by atoms with Crippen LogP contribution in [0.4, 0.5) is 0 Å². The molecule has 0 amide bonds. The lowest BCUT2D eigenvalue weighted by molar-refractivity contribution is 0.0548. The number of hydrogen-bond acceptors (Lipinski definition) is 2. The van der Waals surface area contributed by atoms with Gasteiger partial charge in [0.1, 0.15) is 5.75 Å². The highest BCUT2D eigenvalue weighted by Gasteiger charge is 2.24. The van der Waals surface area contributed by atoms with Crippen LogP contribution in [-0.4, -0.2) is 17.3 Å². The van der Waals surface area contributed by atoms with Gasteiger partial charge in [-0.15, -0.1) is 6.58 Å². The molecule has 17 heavy (non-hydrogen) atoms. The lowest BCUT2D eigenvalue weighted by atomic mass is 9.86. The Balaban J connectivity index is 2.66. The van der Waals surface area contributed by atoms with Crippen molar-refractivity contribution in [3.8, 4) is 5.75 Å². The maximum Gasteiger partial charge on any atom is 0.119 e. The average molecular weight is 234 g/mol. The fraction of sp³-hybridized carbons (Fsp3) is 0.467. The van der Waals surface area contributed by atoms with Gasteiger partial charge in [0.15, 0.2) is 0 Å². The Bertz CT molecular complexity index is 352. The zero-order valence-electron chi connectivity index (χ0n) is 10.9. The van der Waals surface area contributed by atoms with E-state index in [1.807, 2.05) is 38.1 Å². The van der Waals surface area contributed by atoms with Gasteiger partial charge in [0, 0.05) is 0 Å². The second-order valence-corrected chi connectivity index (χ2v) is 4.61. The minimum Gasteiger partial charge on any atom is -0.494 e.